The van der Waals surface area contributed by atoms with Crippen LogP contribution in [0.25, 0.3) is 0 Å². The number of nitrogens with one attached hydrogen (secondary N) is 1. The van der Waals surface area contributed by atoms with Crippen molar-refractivity contribution in [3.05, 3.63) is 18.0 Å². The van der Waals surface area contributed by atoms with Crippen LogP contribution in [0.15, 0.2) is 12.3 Å². The first kappa shape index (κ1) is 13.7. The summed E-state index contributed by atoms with van der Waals surface area (Å²) >= 11 is 0. The molecule has 1 unspecified atom stereocenters. The second-order valence-corrected chi connectivity index (χ2v) is 4.26. The molecule has 0 aliphatic rings. The fraction of sp³-hybridized carbons (Fsp3) is 0.667. The van der Waals surface area contributed by atoms with E-state index in [-0.39, 0.29) is 5.91 Å². The molecule has 1 atom stereocenters. The van der Waals surface area contributed by atoms with E-state index in [2.05, 4.69) is 17.3 Å². The van der Waals surface area contributed by atoms with E-state index in [9.17, 15) is 4.79 Å². The Bertz CT molecular complexity index is 344. The van der Waals surface area contributed by atoms with Gasteiger partial charge in [0.2, 0.25) is 5.91 Å². The molecule has 0 saturated carbocycles. The summed E-state index contributed by atoms with van der Waals surface area (Å²) in [5.74, 6) is 0.385. The van der Waals surface area contributed by atoms with Crippen LogP contribution in [0.1, 0.15) is 25.5 Å². The average Bonchev–Trinajstić information content (AvgIpc) is 2.72. The van der Waals surface area contributed by atoms with Gasteiger partial charge in [-0.2, -0.15) is 5.10 Å². The minimum absolute atomic E-state index is 0.0875. The number of hydrogen-bond acceptors (Lipinski definition) is 3. The molecular formula is C12H22N4O. The van der Waals surface area contributed by atoms with E-state index in [1.807, 2.05) is 17.8 Å². The lowest BCUT2D eigenvalue weighted by Crippen LogP contribution is -2.29. The van der Waals surface area contributed by atoms with Crippen LogP contribution in [0, 0.1) is 5.92 Å². The Kier molecular flexibility index (Phi) is 5.69. The fourth-order valence-corrected chi connectivity index (χ4v) is 1.71. The normalized spacial score (nSPS) is 12.4. The maximum Gasteiger partial charge on any atom is 0.220 e. The van der Waals surface area contributed by atoms with Crippen molar-refractivity contribution in [2.75, 3.05) is 13.1 Å². The number of hydrogen-bond donors (Lipinski definition) is 2. The van der Waals surface area contributed by atoms with Crippen molar-refractivity contribution in [2.45, 2.75) is 26.2 Å². The van der Waals surface area contributed by atoms with Gasteiger partial charge in [0.1, 0.15) is 0 Å². The molecule has 0 fully saturated rings. The van der Waals surface area contributed by atoms with E-state index in [0.717, 1.165) is 18.5 Å². The molecule has 96 valence electrons. The third kappa shape index (κ3) is 4.56. The monoisotopic (exact) mass is 238 g/mol. The van der Waals surface area contributed by atoms with E-state index in [0.29, 0.717) is 25.4 Å². The van der Waals surface area contributed by atoms with Crippen LogP contribution in [-0.2, 0) is 18.3 Å². The predicted octanol–water partition coefficient (Wildman–Crippen LogP) is 0.454. The van der Waals surface area contributed by atoms with Gasteiger partial charge in [0.25, 0.3) is 0 Å². The summed E-state index contributed by atoms with van der Waals surface area (Å²) in [4.78, 5) is 11.6. The molecule has 0 spiro atoms. The predicted molar refractivity (Wildman–Crippen MR) is 67.4 cm³/mol. The highest BCUT2D eigenvalue weighted by Crippen LogP contribution is 2.05. The number of aromatic nitrogens is 2. The van der Waals surface area contributed by atoms with Crippen molar-refractivity contribution in [3.8, 4) is 0 Å². The first-order valence-electron chi connectivity index (χ1n) is 6.11. The van der Waals surface area contributed by atoms with Crippen molar-refractivity contribution in [3.63, 3.8) is 0 Å². The summed E-state index contributed by atoms with van der Waals surface area (Å²) in [5.41, 5.74) is 6.69. The van der Waals surface area contributed by atoms with Crippen molar-refractivity contribution in [2.24, 2.45) is 18.7 Å². The molecule has 5 heteroatoms. The van der Waals surface area contributed by atoms with E-state index in [4.69, 9.17) is 5.73 Å². The highest BCUT2D eigenvalue weighted by atomic mass is 16.1. The van der Waals surface area contributed by atoms with Crippen molar-refractivity contribution < 1.29 is 4.79 Å². The zero-order valence-electron chi connectivity index (χ0n) is 10.6. The Morgan fingerprint density at radius 3 is 2.94 bits per heavy atom. The van der Waals surface area contributed by atoms with E-state index in [1.165, 1.54) is 0 Å². The highest BCUT2D eigenvalue weighted by molar-refractivity contribution is 5.76. The van der Waals surface area contributed by atoms with E-state index >= 15 is 0 Å². The third-order valence-electron chi connectivity index (χ3n) is 3.01. The molecule has 0 radical (unpaired) electrons. The lowest BCUT2D eigenvalue weighted by molar-refractivity contribution is -0.121. The second kappa shape index (κ2) is 7.06. The number of nitrogens with two attached hydrogens (primary N) is 1. The molecule has 17 heavy (non-hydrogen) atoms. The minimum atomic E-state index is 0.0875. The van der Waals surface area contributed by atoms with Gasteiger partial charge < -0.3 is 11.1 Å². The van der Waals surface area contributed by atoms with Crippen LogP contribution in [0.3, 0.4) is 0 Å². The average molecular weight is 238 g/mol. The summed E-state index contributed by atoms with van der Waals surface area (Å²) in [7, 11) is 1.90. The highest BCUT2D eigenvalue weighted by Gasteiger charge is 2.09. The van der Waals surface area contributed by atoms with Gasteiger partial charge in [0, 0.05) is 38.3 Å². The molecule has 0 aliphatic heterocycles. The van der Waals surface area contributed by atoms with Gasteiger partial charge in [-0.3, -0.25) is 9.48 Å². The van der Waals surface area contributed by atoms with Crippen LogP contribution >= 0.6 is 0 Å². The zero-order valence-corrected chi connectivity index (χ0v) is 10.6. The maximum absolute atomic E-state index is 11.6. The lowest BCUT2D eigenvalue weighted by atomic mass is 10.0. The van der Waals surface area contributed by atoms with Crippen molar-refractivity contribution in [1.82, 2.24) is 15.1 Å². The molecule has 1 heterocycles. The molecule has 0 saturated heterocycles. The topological polar surface area (TPSA) is 72.9 Å². The minimum Gasteiger partial charge on any atom is -0.356 e. The largest absolute Gasteiger partial charge is 0.356 e. The molecule has 1 aromatic heterocycles. The first-order valence-corrected chi connectivity index (χ1v) is 6.11. The van der Waals surface area contributed by atoms with Gasteiger partial charge in [-0.25, -0.2) is 0 Å². The number of amides is 1. The third-order valence-corrected chi connectivity index (χ3v) is 3.01. The number of rotatable bonds is 7. The number of carbonyl (C=O) groups is 1. The Hall–Kier alpha value is -1.36. The van der Waals surface area contributed by atoms with Crippen LogP contribution in [0.4, 0.5) is 0 Å². The summed E-state index contributed by atoms with van der Waals surface area (Å²) in [5, 5.41) is 6.99. The van der Waals surface area contributed by atoms with Gasteiger partial charge in [-0.1, -0.05) is 13.3 Å². The molecule has 1 aromatic rings. The van der Waals surface area contributed by atoms with Gasteiger partial charge in [-0.05, 0) is 18.5 Å². The smallest absolute Gasteiger partial charge is 0.220 e. The molecule has 0 aliphatic carbocycles. The van der Waals surface area contributed by atoms with Gasteiger partial charge in [0.15, 0.2) is 0 Å². The Balaban J connectivity index is 2.22. The molecule has 3 N–H and O–H groups in total. The summed E-state index contributed by atoms with van der Waals surface area (Å²) in [6.45, 7) is 3.28. The zero-order chi connectivity index (χ0) is 12.7. The molecular weight excluding hydrogens is 216 g/mol. The fourth-order valence-electron chi connectivity index (χ4n) is 1.71. The molecule has 0 aromatic carbocycles. The van der Waals surface area contributed by atoms with Crippen LogP contribution in [0.5, 0.6) is 0 Å². The van der Waals surface area contributed by atoms with Crippen LogP contribution in [-0.4, -0.2) is 28.8 Å². The van der Waals surface area contributed by atoms with Crippen molar-refractivity contribution >= 4 is 5.91 Å². The van der Waals surface area contributed by atoms with Gasteiger partial charge in [0.05, 0.1) is 0 Å². The summed E-state index contributed by atoms with van der Waals surface area (Å²) in [6.07, 6.45) is 4.05. The van der Waals surface area contributed by atoms with Crippen molar-refractivity contribution in [1.29, 1.82) is 0 Å². The quantitative estimate of drug-likeness (QED) is 0.724. The molecule has 5 nitrogen and oxygen atoms in total. The van der Waals surface area contributed by atoms with E-state index in [1.54, 1.807) is 6.20 Å². The lowest BCUT2D eigenvalue weighted by Gasteiger charge is -2.11. The molecule has 0 bridgehead atoms. The number of aryl methyl sites for hydroxylation is 1. The molecule has 1 rings (SSSR count). The van der Waals surface area contributed by atoms with Gasteiger partial charge >= 0.3 is 0 Å². The van der Waals surface area contributed by atoms with Gasteiger partial charge in [-0.15, -0.1) is 0 Å². The first-order chi connectivity index (χ1) is 8.17. The van der Waals surface area contributed by atoms with E-state index < -0.39 is 0 Å². The van der Waals surface area contributed by atoms with Crippen LogP contribution in [0.2, 0.25) is 0 Å². The SMILES string of the molecule is CCC(CN)CC(=O)NCCc1ccnn1C. The Morgan fingerprint density at radius 2 is 2.41 bits per heavy atom. The number of nitrogens with zero attached hydrogens (tertiary/aromatic N) is 2. The van der Waals surface area contributed by atoms with Crippen LogP contribution < -0.4 is 11.1 Å². The number of carbonyl (C=O) groups excluding carboxylic acids is 1. The Morgan fingerprint density at radius 1 is 1.65 bits per heavy atom. The standard InChI is InChI=1S/C12H22N4O/c1-3-10(9-13)8-12(17)14-6-4-11-5-7-15-16(11)2/h5,7,10H,3-4,6,8-9,13H2,1-2H3,(H,14,17). The summed E-state index contributed by atoms with van der Waals surface area (Å²) < 4.78 is 1.82. The Labute approximate surface area is 102 Å². The second-order valence-electron chi connectivity index (χ2n) is 4.26. The molecule has 1 amide bonds. The maximum atomic E-state index is 11.6. The summed E-state index contributed by atoms with van der Waals surface area (Å²) in [6, 6.07) is 1.96.